The van der Waals surface area contributed by atoms with Gasteiger partial charge >= 0.3 is 0 Å². The summed E-state index contributed by atoms with van der Waals surface area (Å²) in [6, 6.07) is 18.4. The minimum atomic E-state index is -0.464. The first kappa shape index (κ1) is 17.9. The van der Waals surface area contributed by atoms with Crippen LogP contribution in [-0.4, -0.2) is 54.2 Å². The van der Waals surface area contributed by atoms with Gasteiger partial charge in [0.05, 0.1) is 6.10 Å². The molecule has 1 aliphatic rings. The van der Waals surface area contributed by atoms with Crippen LogP contribution in [0.3, 0.4) is 0 Å². The second kappa shape index (κ2) is 8.48. The van der Waals surface area contributed by atoms with Crippen molar-refractivity contribution in [3.63, 3.8) is 0 Å². The summed E-state index contributed by atoms with van der Waals surface area (Å²) in [4.78, 5) is 4.71. The van der Waals surface area contributed by atoms with E-state index in [1.54, 1.807) is 0 Å². The van der Waals surface area contributed by atoms with E-state index in [4.69, 9.17) is 4.74 Å². The fraction of sp³-hybridized carbons (Fsp3) is 0.429. The maximum atomic E-state index is 10.6. The summed E-state index contributed by atoms with van der Waals surface area (Å²) < 4.78 is 5.81. The van der Waals surface area contributed by atoms with Crippen LogP contribution in [0.4, 0.5) is 0 Å². The molecule has 2 atom stereocenters. The van der Waals surface area contributed by atoms with E-state index in [1.807, 2.05) is 42.5 Å². The summed E-state index contributed by atoms with van der Waals surface area (Å²) in [6.07, 6.45) is -0.464. The summed E-state index contributed by atoms with van der Waals surface area (Å²) in [5.74, 6) is 0.827. The van der Waals surface area contributed by atoms with Gasteiger partial charge in [-0.2, -0.15) is 0 Å². The second-order valence-electron chi connectivity index (χ2n) is 6.97. The molecule has 0 aromatic heterocycles. The fourth-order valence-electron chi connectivity index (χ4n) is 3.30. The van der Waals surface area contributed by atoms with E-state index >= 15 is 0 Å². The molecule has 1 aliphatic heterocycles. The molecule has 1 N–H and O–H groups in total. The Morgan fingerprint density at radius 1 is 1.08 bits per heavy atom. The Kier molecular flexibility index (Phi) is 6.08. The number of rotatable bonds is 6. The molecule has 0 radical (unpaired) electrons. The highest BCUT2D eigenvalue weighted by Crippen LogP contribution is 2.21. The second-order valence-corrected chi connectivity index (χ2v) is 6.97. The van der Waals surface area contributed by atoms with Gasteiger partial charge in [0.1, 0.15) is 12.4 Å². The molecule has 4 heteroatoms. The molecular formula is C21H28N2O2. The van der Waals surface area contributed by atoms with Crippen molar-refractivity contribution in [2.75, 3.05) is 33.2 Å². The van der Waals surface area contributed by atoms with Crippen molar-refractivity contribution in [2.45, 2.75) is 25.7 Å². The van der Waals surface area contributed by atoms with E-state index in [1.165, 1.54) is 0 Å². The lowest BCUT2D eigenvalue weighted by atomic mass is 10.1. The number of benzene rings is 2. The van der Waals surface area contributed by atoms with Crippen molar-refractivity contribution < 1.29 is 9.84 Å². The zero-order chi connectivity index (χ0) is 17.6. The normalized spacial score (nSPS) is 20.4. The minimum Gasteiger partial charge on any atom is -0.489 e. The van der Waals surface area contributed by atoms with Crippen LogP contribution in [0.5, 0.6) is 5.75 Å². The van der Waals surface area contributed by atoms with Crippen molar-refractivity contribution in [3.8, 4) is 5.75 Å². The minimum absolute atomic E-state index is 0.464. The molecule has 134 valence electrons. The summed E-state index contributed by atoms with van der Waals surface area (Å²) in [7, 11) is 2.15. The Bertz CT molecular complexity index is 645. The zero-order valence-corrected chi connectivity index (χ0v) is 15.1. The van der Waals surface area contributed by atoms with Gasteiger partial charge < -0.3 is 14.7 Å². The Morgan fingerprint density at radius 3 is 2.48 bits per heavy atom. The van der Waals surface area contributed by atoms with Crippen molar-refractivity contribution >= 4 is 0 Å². The predicted molar refractivity (Wildman–Crippen MR) is 101 cm³/mol. The van der Waals surface area contributed by atoms with Crippen molar-refractivity contribution in [3.05, 3.63) is 65.7 Å². The molecule has 0 bridgehead atoms. The molecule has 0 aliphatic carbocycles. The SMILES string of the molecule is C[C@H]1CN(C)CCN1C[C@@H](O)c1ccc(OCc2ccccc2)cc1. The van der Waals surface area contributed by atoms with Gasteiger partial charge in [-0.3, -0.25) is 4.90 Å². The van der Waals surface area contributed by atoms with E-state index in [-0.39, 0.29) is 0 Å². The van der Waals surface area contributed by atoms with Gasteiger partial charge in [-0.15, -0.1) is 0 Å². The number of β-amino-alcohol motifs (C(OH)–C–C–N with tert-alkyl or cyclic N) is 1. The van der Waals surface area contributed by atoms with Gasteiger partial charge in [0.15, 0.2) is 0 Å². The first-order valence-electron chi connectivity index (χ1n) is 8.99. The van der Waals surface area contributed by atoms with Crippen LogP contribution < -0.4 is 4.74 Å². The quantitative estimate of drug-likeness (QED) is 0.877. The molecule has 3 rings (SSSR count). The van der Waals surface area contributed by atoms with E-state index in [0.717, 1.165) is 36.5 Å². The van der Waals surface area contributed by atoms with Gasteiger partial charge in [0, 0.05) is 32.2 Å². The first-order valence-corrected chi connectivity index (χ1v) is 8.99. The standard InChI is InChI=1S/C21H28N2O2/c1-17-14-22(2)12-13-23(17)15-21(24)19-8-10-20(11-9-19)25-16-18-6-4-3-5-7-18/h3-11,17,21,24H,12-16H2,1-2H3/t17-,21+/m0/s1. The van der Waals surface area contributed by atoms with Crippen molar-refractivity contribution in [1.29, 1.82) is 0 Å². The van der Waals surface area contributed by atoms with Crippen LogP contribution >= 0.6 is 0 Å². The van der Waals surface area contributed by atoms with E-state index in [0.29, 0.717) is 19.2 Å². The fourth-order valence-corrected chi connectivity index (χ4v) is 3.30. The average molecular weight is 340 g/mol. The van der Waals surface area contributed by atoms with E-state index in [2.05, 4.69) is 35.9 Å². The van der Waals surface area contributed by atoms with Gasteiger partial charge in [-0.1, -0.05) is 42.5 Å². The molecule has 2 aromatic carbocycles. The van der Waals surface area contributed by atoms with Crippen molar-refractivity contribution in [1.82, 2.24) is 9.80 Å². The first-order chi connectivity index (χ1) is 12.1. The van der Waals surface area contributed by atoms with Crippen molar-refractivity contribution in [2.24, 2.45) is 0 Å². The van der Waals surface area contributed by atoms with Crippen LogP contribution in [0.1, 0.15) is 24.2 Å². The number of hydrogen-bond acceptors (Lipinski definition) is 4. The molecule has 25 heavy (non-hydrogen) atoms. The molecule has 0 spiro atoms. The van der Waals surface area contributed by atoms with Crippen LogP contribution in [0.15, 0.2) is 54.6 Å². The third-order valence-electron chi connectivity index (χ3n) is 4.89. The number of aliphatic hydroxyl groups is 1. The Labute approximate surface area is 150 Å². The molecule has 1 heterocycles. The molecule has 1 fully saturated rings. The lowest BCUT2D eigenvalue weighted by molar-refractivity contribution is 0.0474. The molecule has 2 aromatic rings. The Morgan fingerprint density at radius 2 is 1.80 bits per heavy atom. The highest BCUT2D eigenvalue weighted by molar-refractivity contribution is 5.29. The number of nitrogens with zero attached hydrogens (tertiary/aromatic N) is 2. The third-order valence-corrected chi connectivity index (χ3v) is 4.89. The van der Waals surface area contributed by atoms with Gasteiger partial charge in [-0.05, 0) is 37.2 Å². The van der Waals surface area contributed by atoms with Gasteiger partial charge in [-0.25, -0.2) is 0 Å². The van der Waals surface area contributed by atoms with Crippen LogP contribution in [-0.2, 0) is 6.61 Å². The van der Waals surface area contributed by atoms with Gasteiger partial charge in [0.25, 0.3) is 0 Å². The maximum Gasteiger partial charge on any atom is 0.119 e. The molecule has 0 saturated carbocycles. The van der Waals surface area contributed by atoms with Crippen LogP contribution in [0.2, 0.25) is 0 Å². The number of piperazine rings is 1. The van der Waals surface area contributed by atoms with Crippen LogP contribution in [0, 0.1) is 0 Å². The van der Waals surface area contributed by atoms with Crippen LogP contribution in [0.25, 0.3) is 0 Å². The van der Waals surface area contributed by atoms with E-state index in [9.17, 15) is 5.11 Å². The highest BCUT2D eigenvalue weighted by Gasteiger charge is 2.23. The molecule has 4 nitrogen and oxygen atoms in total. The molecule has 0 amide bonds. The average Bonchev–Trinajstić information content (AvgIpc) is 2.63. The molecule has 0 unspecified atom stereocenters. The lowest BCUT2D eigenvalue weighted by Crippen LogP contribution is -2.51. The third kappa shape index (κ3) is 5.05. The highest BCUT2D eigenvalue weighted by atomic mass is 16.5. The Balaban J connectivity index is 1.52. The molecular weight excluding hydrogens is 312 g/mol. The summed E-state index contributed by atoms with van der Waals surface area (Å²) >= 11 is 0. The number of aliphatic hydroxyl groups excluding tert-OH is 1. The number of likely N-dealkylation sites (N-methyl/N-ethyl adjacent to an activating group) is 1. The maximum absolute atomic E-state index is 10.6. The monoisotopic (exact) mass is 340 g/mol. The predicted octanol–water partition coefficient (Wildman–Crippen LogP) is 2.93. The topological polar surface area (TPSA) is 35.9 Å². The van der Waals surface area contributed by atoms with E-state index < -0.39 is 6.10 Å². The largest absolute Gasteiger partial charge is 0.489 e. The van der Waals surface area contributed by atoms with Gasteiger partial charge in [0.2, 0.25) is 0 Å². The number of ether oxygens (including phenoxy) is 1. The number of hydrogen-bond donors (Lipinski definition) is 1. The zero-order valence-electron chi connectivity index (χ0n) is 15.1. The molecule has 1 saturated heterocycles. The summed E-state index contributed by atoms with van der Waals surface area (Å²) in [5, 5.41) is 10.6. The summed E-state index contributed by atoms with van der Waals surface area (Å²) in [5.41, 5.74) is 2.09. The summed E-state index contributed by atoms with van der Waals surface area (Å²) in [6.45, 7) is 6.58. The lowest BCUT2D eigenvalue weighted by Gasteiger charge is -2.39. The smallest absolute Gasteiger partial charge is 0.119 e. The Hall–Kier alpha value is -1.88.